The predicted molar refractivity (Wildman–Crippen MR) is 90.0 cm³/mol. The van der Waals surface area contributed by atoms with Crippen molar-refractivity contribution < 1.29 is 14.3 Å². The Labute approximate surface area is 143 Å². The average Bonchev–Trinajstić information content (AvgIpc) is 3.08. The number of carbonyl (C=O) groups excluding carboxylic acids is 1. The number of carboxylic acids is 1. The van der Waals surface area contributed by atoms with E-state index in [0.717, 1.165) is 5.69 Å². The number of carbonyl (C=O) groups is 1. The third kappa shape index (κ3) is 3.48. The summed E-state index contributed by atoms with van der Waals surface area (Å²) < 4.78 is 15.2. The van der Waals surface area contributed by atoms with E-state index in [1.54, 1.807) is 47.2 Å². The van der Waals surface area contributed by atoms with Crippen LogP contribution in [0.1, 0.15) is 21.6 Å². The summed E-state index contributed by atoms with van der Waals surface area (Å²) in [5.74, 6) is -1.65. The number of carboxylic acid groups (broad SMARTS) is 1. The van der Waals surface area contributed by atoms with Crippen molar-refractivity contribution >= 4 is 17.6 Å². The molecule has 5 heteroatoms. The van der Waals surface area contributed by atoms with E-state index < -0.39 is 11.8 Å². The lowest BCUT2D eigenvalue weighted by Crippen LogP contribution is -2.22. The Morgan fingerprint density at radius 1 is 1.08 bits per heavy atom. The van der Waals surface area contributed by atoms with Crippen LogP contribution in [0.25, 0.3) is 17.3 Å². The first-order chi connectivity index (χ1) is 12.1. The second-order valence-electron chi connectivity index (χ2n) is 5.32. The Balaban J connectivity index is 2.01. The van der Waals surface area contributed by atoms with Crippen molar-refractivity contribution in [3.8, 4) is 11.8 Å². The second-order valence-corrected chi connectivity index (χ2v) is 5.32. The molecule has 122 valence electrons. The SMILES string of the molecule is N#C/C(=C/c1cccn1-c1ccc(C(=O)[O-])cc1)c1cccc(F)c1. The number of rotatable bonds is 4. The molecule has 4 nitrogen and oxygen atoms in total. The fraction of sp³-hybridized carbons (Fsp3) is 0. The molecule has 0 amide bonds. The van der Waals surface area contributed by atoms with Crippen molar-refractivity contribution in [1.82, 2.24) is 4.57 Å². The zero-order valence-corrected chi connectivity index (χ0v) is 13.0. The molecule has 0 saturated carbocycles. The number of halogens is 1. The Bertz CT molecular complexity index is 995. The van der Waals surface area contributed by atoms with Crippen LogP contribution in [0.4, 0.5) is 4.39 Å². The van der Waals surface area contributed by atoms with E-state index in [1.807, 2.05) is 6.07 Å². The van der Waals surface area contributed by atoms with Crippen LogP contribution in [-0.4, -0.2) is 10.5 Å². The second kappa shape index (κ2) is 6.85. The summed E-state index contributed by atoms with van der Waals surface area (Å²) in [6, 6.07) is 17.7. The first-order valence-corrected chi connectivity index (χ1v) is 7.45. The van der Waals surface area contributed by atoms with E-state index >= 15 is 0 Å². The number of nitrogens with zero attached hydrogens (tertiary/aromatic N) is 2. The summed E-state index contributed by atoms with van der Waals surface area (Å²) in [6.45, 7) is 0. The van der Waals surface area contributed by atoms with Gasteiger partial charge in [-0.15, -0.1) is 0 Å². The lowest BCUT2D eigenvalue weighted by Gasteiger charge is -2.09. The Morgan fingerprint density at radius 2 is 1.84 bits per heavy atom. The van der Waals surface area contributed by atoms with E-state index in [1.165, 1.54) is 24.3 Å². The number of allylic oxidation sites excluding steroid dienone is 1. The molecule has 2 aromatic carbocycles. The van der Waals surface area contributed by atoms with Gasteiger partial charge in [-0.05, 0) is 53.6 Å². The predicted octanol–water partition coefficient (Wildman–Crippen LogP) is 3.04. The molecular formula is C20H12FN2O2-. The lowest BCUT2D eigenvalue weighted by molar-refractivity contribution is -0.255. The molecule has 0 saturated heterocycles. The van der Waals surface area contributed by atoms with Gasteiger partial charge in [-0.1, -0.05) is 24.3 Å². The maximum absolute atomic E-state index is 13.4. The molecular weight excluding hydrogens is 319 g/mol. The summed E-state index contributed by atoms with van der Waals surface area (Å²) in [7, 11) is 0. The van der Waals surface area contributed by atoms with Crippen molar-refractivity contribution in [3.63, 3.8) is 0 Å². The van der Waals surface area contributed by atoms with Crippen molar-refractivity contribution in [1.29, 1.82) is 5.26 Å². The van der Waals surface area contributed by atoms with Gasteiger partial charge in [0.25, 0.3) is 0 Å². The van der Waals surface area contributed by atoms with Gasteiger partial charge >= 0.3 is 0 Å². The van der Waals surface area contributed by atoms with Crippen LogP contribution in [0.2, 0.25) is 0 Å². The van der Waals surface area contributed by atoms with Crippen LogP contribution >= 0.6 is 0 Å². The van der Waals surface area contributed by atoms with Gasteiger partial charge in [0.15, 0.2) is 0 Å². The van der Waals surface area contributed by atoms with Gasteiger partial charge in [0.2, 0.25) is 0 Å². The summed E-state index contributed by atoms with van der Waals surface area (Å²) >= 11 is 0. The topological polar surface area (TPSA) is 68.8 Å². The summed E-state index contributed by atoms with van der Waals surface area (Å²) in [6.07, 6.45) is 3.45. The number of hydrogen-bond donors (Lipinski definition) is 0. The largest absolute Gasteiger partial charge is 0.545 e. The molecule has 1 heterocycles. The molecule has 0 aliphatic rings. The van der Waals surface area contributed by atoms with Crippen molar-refractivity contribution in [2.24, 2.45) is 0 Å². The molecule has 0 unspecified atom stereocenters. The maximum atomic E-state index is 13.4. The molecule has 25 heavy (non-hydrogen) atoms. The molecule has 0 N–H and O–H groups in total. The van der Waals surface area contributed by atoms with Gasteiger partial charge in [-0.3, -0.25) is 0 Å². The number of nitriles is 1. The fourth-order valence-corrected chi connectivity index (χ4v) is 2.49. The highest BCUT2D eigenvalue weighted by Crippen LogP contribution is 2.21. The summed E-state index contributed by atoms with van der Waals surface area (Å²) in [5, 5.41) is 20.2. The van der Waals surface area contributed by atoms with E-state index in [0.29, 0.717) is 16.8 Å². The van der Waals surface area contributed by atoms with Crippen LogP contribution in [0.5, 0.6) is 0 Å². The Kier molecular flexibility index (Phi) is 4.44. The molecule has 0 spiro atoms. The fourth-order valence-electron chi connectivity index (χ4n) is 2.49. The molecule has 0 bridgehead atoms. The van der Waals surface area contributed by atoms with E-state index in [2.05, 4.69) is 6.07 Å². The van der Waals surface area contributed by atoms with Crippen LogP contribution in [0.3, 0.4) is 0 Å². The zero-order valence-electron chi connectivity index (χ0n) is 13.0. The van der Waals surface area contributed by atoms with Crippen molar-refractivity contribution in [2.75, 3.05) is 0 Å². The van der Waals surface area contributed by atoms with E-state index in [-0.39, 0.29) is 5.56 Å². The van der Waals surface area contributed by atoms with Crippen LogP contribution in [-0.2, 0) is 0 Å². The van der Waals surface area contributed by atoms with Crippen molar-refractivity contribution in [2.45, 2.75) is 0 Å². The normalized spacial score (nSPS) is 11.1. The standard InChI is InChI=1S/C20H13FN2O2/c21-17-4-1-3-15(11-17)16(13-22)12-19-5-2-10-23(19)18-8-6-14(7-9-18)20(24)25/h1-12H,(H,24,25)/p-1/b16-12-. The van der Waals surface area contributed by atoms with Gasteiger partial charge in [0.1, 0.15) is 5.82 Å². The quantitative estimate of drug-likeness (QED) is 0.690. The molecule has 3 aromatic rings. The minimum atomic E-state index is -1.24. The van der Waals surface area contributed by atoms with Gasteiger partial charge < -0.3 is 14.5 Å². The van der Waals surface area contributed by atoms with Gasteiger partial charge in [0, 0.05) is 17.6 Å². The zero-order chi connectivity index (χ0) is 17.8. The number of hydrogen-bond acceptors (Lipinski definition) is 3. The first kappa shape index (κ1) is 16.2. The smallest absolute Gasteiger partial charge is 0.123 e. The van der Waals surface area contributed by atoms with Crippen molar-refractivity contribution in [3.05, 3.63) is 89.5 Å². The maximum Gasteiger partial charge on any atom is 0.123 e. The number of aromatic nitrogens is 1. The highest BCUT2D eigenvalue weighted by atomic mass is 19.1. The summed E-state index contributed by atoms with van der Waals surface area (Å²) in [4.78, 5) is 10.8. The average molecular weight is 331 g/mol. The molecule has 0 radical (unpaired) electrons. The number of benzene rings is 2. The van der Waals surface area contributed by atoms with Crippen LogP contribution in [0.15, 0.2) is 66.9 Å². The highest BCUT2D eigenvalue weighted by molar-refractivity contribution is 5.89. The van der Waals surface area contributed by atoms with Gasteiger partial charge in [0.05, 0.1) is 17.6 Å². The minimum Gasteiger partial charge on any atom is -0.545 e. The van der Waals surface area contributed by atoms with E-state index in [4.69, 9.17) is 0 Å². The Hall–Kier alpha value is -3.65. The highest BCUT2D eigenvalue weighted by Gasteiger charge is 2.06. The summed E-state index contributed by atoms with van der Waals surface area (Å²) in [5.41, 5.74) is 2.35. The molecule has 0 atom stereocenters. The number of aromatic carboxylic acids is 1. The molecule has 0 aliphatic carbocycles. The van der Waals surface area contributed by atoms with Gasteiger partial charge in [-0.25, -0.2) is 4.39 Å². The third-order valence-corrected chi connectivity index (χ3v) is 3.71. The molecule has 1 aromatic heterocycles. The van der Waals surface area contributed by atoms with Crippen LogP contribution < -0.4 is 5.11 Å². The van der Waals surface area contributed by atoms with Crippen LogP contribution in [0, 0.1) is 17.1 Å². The molecule has 3 rings (SSSR count). The Morgan fingerprint density at radius 3 is 2.48 bits per heavy atom. The molecule has 0 fully saturated rings. The monoisotopic (exact) mass is 331 g/mol. The first-order valence-electron chi connectivity index (χ1n) is 7.45. The van der Waals surface area contributed by atoms with Gasteiger partial charge in [-0.2, -0.15) is 5.26 Å². The third-order valence-electron chi connectivity index (χ3n) is 3.71. The molecule has 0 aliphatic heterocycles. The lowest BCUT2D eigenvalue weighted by atomic mass is 10.1. The van der Waals surface area contributed by atoms with E-state index in [9.17, 15) is 19.6 Å². The minimum absolute atomic E-state index is 0.0884.